The van der Waals surface area contributed by atoms with Gasteiger partial charge in [0.05, 0.1) is 11.4 Å². The number of carbonyl (C=O) groups is 1. The second-order valence-corrected chi connectivity index (χ2v) is 5.89. The Hall–Kier alpha value is -1.66. The fourth-order valence-corrected chi connectivity index (χ4v) is 3.05. The zero-order valence-corrected chi connectivity index (χ0v) is 12.0. The van der Waals surface area contributed by atoms with Crippen LogP contribution in [0.4, 0.5) is 5.88 Å². The van der Waals surface area contributed by atoms with Crippen molar-refractivity contribution in [2.75, 3.05) is 25.0 Å². The largest absolute Gasteiger partial charge is 0.338 e. The Morgan fingerprint density at radius 2 is 2.25 bits per heavy atom. The van der Waals surface area contributed by atoms with Crippen molar-refractivity contribution < 1.29 is 9.32 Å². The van der Waals surface area contributed by atoms with E-state index in [4.69, 9.17) is 4.52 Å². The highest BCUT2D eigenvalue weighted by atomic mass is 32.1. The Kier molecular flexibility index (Phi) is 4.13. The summed E-state index contributed by atoms with van der Waals surface area (Å²) in [7, 11) is 0. The first-order valence-electron chi connectivity index (χ1n) is 6.84. The molecule has 1 aliphatic rings. The van der Waals surface area contributed by atoms with Crippen LogP contribution < -0.4 is 5.32 Å². The molecule has 0 spiro atoms. The molecule has 1 fully saturated rings. The number of anilines is 1. The lowest BCUT2D eigenvalue weighted by molar-refractivity contribution is -0.117. The third-order valence-electron chi connectivity index (χ3n) is 3.36. The number of rotatable bonds is 4. The van der Waals surface area contributed by atoms with Gasteiger partial charge >= 0.3 is 0 Å². The van der Waals surface area contributed by atoms with Gasteiger partial charge in [0, 0.05) is 6.07 Å². The molecule has 5 nitrogen and oxygen atoms in total. The van der Waals surface area contributed by atoms with Gasteiger partial charge in [0.25, 0.3) is 0 Å². The highest BCUT2D eigenvalue weighted by Crippen LogP contribution is 2.25. The van der Waals surface area contributed by atoms with Crippen LogP contribution in [-0.4, -0.2) is 35.6 Å². The minimum absolute atomic E-state index is 0.0409. The van der Waals surface area contributed by atoms with Crippen molar-refractivity contribution in [1.82, 2.24) is 10.1 Å². The smallest absolute Gasteiger partial charge is 0.240 e. The number of thiophene rings is 1. The lowest BCUT2D eigenvalue weighted by Crippen LogP contribution is -2.36. The number of nitrogens with zero attached hydrogens (tertiary/aromatic N) is 2. The maximum absolute atomic E-state index is 11.9. The summed E-state index contributed by atoms with van der Waals surface area (Å²) in [6.45, 7) is 2.43. The molecule has 3 rings (SSSR count). The fraction of sp³-hybridized carbons (Fsp3) is 0.429. The number of aromatic nitrogens is 1. The molecule has 3 heterocycles. The van der Waals surface area contributed by atoms with E-state index in [9.17, 15) is 4.79 Å². The third kappa shape index (κ3) is 3.26. The van der Waals surface area contributed by atoms with Gasteiger partial charge in [-0.05, 0) is 37.4 Å². The van der Waals surface area contributed by atoms with Gasteiger partial charge in [-0.2, -0.15) is 0 Å². The van der Waals surface area contributed by atoms with E-state index in [1.54, 1.807) is 17.4 Å². The normalized spacial score (nSPS) is 16.2. The van der Waals surface area contributed by atoms with Crippen LogP contribution >= 0.6 is 11.3 Å². The second-order valence-electron chi connectivity index (χ2n) is 4.94. The van der Waals surface area contributed by atoms with Crippen molar-refractivity contribution in [3.63, 3.8) is 0 Å². The molecule has 106 valence electrons. The Morgan fingerprint density at radius 1 is 1.40 bits per heavy atom. The Labute approximate surface area is 121 Å². The molecule has 1 saturated heterocycles. The molecule has 0 radical (unpaired) electrons. The monoisotopic (exact) mass is 291 g/mol. The summed E-state index contributed by atoms with van der Waals surface area (Å²) in [6.07, 6.45) is 3.63. The number of piperidine rings is 1. The Balaban J connectivity index is 1.56. The van der Waals surface area contributed by atoms with E-state index in [2.05, 4.69) is 15.4 Å². The van der Waals surface area contributed by atoms with Gasteiger partial charge in [-0.3, -0.25) is 15.0 Å². The SMILES string of the molecule is O=C(CN1CCCCC1)Nc1cc(-c2cccs2)no1. The third-order valence-corrected chi connectivity index (χ3v) is 4.25. The molecule has 2 aromatic rings. The molecule has 0 saturated carbocycles. The molecule has 0 bridgehead atoms. The van der Waals surface area contributed by atoms with Gasteiger partial charge in [-0.1, -0.05) is 17.6 Å². The fourth-order valence-electron chi connectivity index (χ4n) is 2.37. The molecule has 0 aliphatic carbocycles. The molecule has 1 N–H and O–H groups in total. The van der Waals surface area contributed by atoms with E-state index in [1.807, 2.05) is 17.5 Å². The minimum atomic E-state index is -0.0409. The van der Waals surface area contributed by atoms with Crippen molar-refractivity contribution in [3.8, 4) is 10.6 Å². The van der Waals surface area contributed by atoms with Crippen LogP contribution in [0.2, 0.25) is 0 Å². The van der Waals surface area contributed by atoms with Crippen LogP contribution in [0.1, 0.15) is 19.3 Å². The number of likely N-dealkylation sites (tertiary alicyclic amines) is 1. The van der Waals surface area contributed by atoms with Crippen LogP contribution in [0.25, 0.3) is 10.6 Å². The van der Waals surface area contributed by atoms with Gasteiger partial charge in [-0.25, -0.2) is 0 Å². The molecule has 1 amide bonds. The van der Waals surface area contributed by atoms with Gasteiger partial charge in [-0.15, -0.1) is 11.3 Å². The highest BCUT2D eigenvalue weighted by molar-refractivity contribution is 7.13. The Bertz CT molecular complexity index is 559. The van der Waals surface area contributed by atoms with E-state index >= 15 is 0 Å². The predicted octanol–water partition coefficient (Wildman–Crippen LogP) is 2.83. The number of nitrogens with one attached hydrogen (secondary N) is 1. The summed E-state index contributed by atoms with van der Waals surface area (Å²) in [5, 5.41) is 8.72. The molecule has 2 aromatic heterocycles. The van der Waals surface area contributed by atoms with Crippen molar-refractivity contribution in [2.24, 2.45) is 0 Å². The van der Waals surface area contributed by atoms with Crippen LogP contribution in [0.15, 0.2) is 28.1 Å². The minimum Gasteiger partial charge on any atom is -0.338 e. The molecule has 0 atom stereocenters. The zero-order valence-electron chi connectivity index (χ0n) is 11.2. The van der Waals surface area contributed by atoms with E-state index in [0.717, 1.165) is 23.7 Å². The summed E-state index contributed by atoms with van der Waals surface area (Å²) < 4.78 is 5.15. The molecule has 0 unspecified atom stereocenters. The van der Waals surface area contributed by atoms with Crippen molar-refractivity contribution in [3.05, 3.63) is 23.6 Å². The summed E-state index contributed by atoms with van der Waals surface area (Å²) in [6, 6.07) is 5.70. The first-order chi connectivity index (χ1) is 9.81. The quantitative estimate of drug-likeness (QED) is 0.941. The molecule has 20 heavy (non-hydrogen) atoms. The van der Waals surface area contributed by atoms with Crippen LogP contribution in [0, 0.1) is 0 Å². The maximum atomic E-state index is 11.9. The molecule has 0 aromatic carbocycles. The van der Waals surface area contributed by atoms with Gasteiger partial charge in [0.1, 0.15) is 5.69 Å². The number of hydrogen-bond donors (Lipinski definition) is 1. The average molecular weight is 291 g/mol. The lowest BCUT2D eigenvalue weighted by atomic mass is 10.1. The Morgan fingerprint density at radius 3 is 3.00 bits per heavy atom. The van der Waals surface area contributed by atoms with Gasteiger partial charge < -0.3 is 4.52 Å². The highest BCUT2D eigenvalue weighted by Gasteiger charge is 2.15. The number of amides is 1. The number of hydrogen-bond acceptors (Lipinski definition) is 5. The molecular weight excluding hydrogens is 274 g/mol. The summed E-state index contributed by atoms with van der Waals surface area (Å²) in [5.74, 6) is 0.371. The van der Waals surface area contributed by atoms with Gasteiger partial charge in [0.2, 0.25) is 11.8 Å². The first kappa shape index (κ1) is 13.3. The zero-order chi connectivity index (χ0) is 13.8. The molecular formula is C14H17N3O2S. The van der Waals surface area contributed by atoms with E-state index in [-0.39, 0.29) is 5.91 Å². The van der Waals surface area contributed by atoms with E-state index in [0.29, 0.717) is 12.4 Å². The summed E-state index contributed by atoms with van der Waals surface area (Å²) in [4.78, 5) is 15.1. The van der Waals surface area contributed by atoms with Crippen LogP contribution in [0.5, 0.6) is 0 Å². The number of carbonyl (C=O) groups excluding carboxylic acids is 1. The second kappa shape index (κ2) is 6.19. The lowest BCUT2D eigenvalue weighted by Gasteiger charge is -2.25. The summed E-state index contributed by atoms with van der Waals surface area (Å²) >= 11 is 1.59. The van der Waals surface area contributed by atoms with Crippen molar-refractivity contribution >= 4 is 23.1 Å². The standard InChI is InChI=1S/C14H17N3O2S/c18-13(10-17-6-2-1-3-7-17)15-14-9-11(16-19-14)12-5-4-8-20-12/h4-5,8-9H,1-3,6-7,10H2,(H,15,18). The van der Waals surface area contributed by atoms with Crippen LogP contribution in [0.3, 0.4) is 0 Å². The van der Waals surface area contributed by atoms with Gasteiger partial charge in [0.15, 0.2) is 0 Å². The molecule has 6 heteroatoms. The predicted molar refractivity (Wildman–Crippen MR) is 78.7 cm³/mol. The van der Waals surface area contributed by atoms with Crippen molar-refractivity contribution in [2.45, 2.75) is 19.3 Å². The van der Waals surface area contributed by atoms with Crippen molar-refractivity contribution in [1.29, 1.82) is 0 Å². The van der Waals surface area contributed by atoms with Crippen LogP contribution in [-0.2, 0) is 4.79 Å². The first-order valence-corrected chi connectivity index (χ1v) is 7.72. The van der Waals surface area contributed by atoms with E-state index < -0.39 is 0 Å². The van der Waals surface area contributed by atoms with E-state index in [1.165, 1.54) is 19.3 Å². The topological polar surface area (TPSA) is 58.4 Å². The maximum Gasteiger partial charge on any atom is 0.240 e. The summed E-state index contributed by atoms with van der Waals surface area (Å²) in [5.41, 5.74) is 0.758. The average Bonchev–Trinajstić information content (AvgIpc) is 3.10. The molecule has 1 aliphatic heterocycles.